The average Bonchev–Trinajstić information content (AvgIpc) is 2.37. The highest BCUT2D eigenvalue weighted by atomic mass is 16.5. The molecule has 0 saturated heterocycles. The van der Waals surface area contributed by atoms with E-state index < -0.39 is 0 Å². The van der Waals surface area contributed by atoms with E-state index in [0.29, 0.717) is 12.2 Å². The van der Waals surface area contributed by atoms with E-state index in [0.717, 1.165) is 11.3 Å². The van der Waals surface area contributed by atoms with Gasteiger partial charge in [0.05, 0.1) is 7.11 Å². The Kier molecular flexibility index (Phi) is 5.16. The molecule has 104 valence electrons. The summed E-state index contributed by atoms with van der Waals surface area (Å²) in [5.74, 6) is 0.525. The minimum atomic E-state index is -0.326. The molecule has 0 bridgehead atoms. The van der Waals surface area contributed by atoms with Gasteiger partial charge >= 0.3 is 5.97 Å². The van der Waals surface area contributed by atoms with Gasteiger partial charge in [0.15, 0.2) is 0 Å². The van der Waals surface area contributed by atoms with Crippen LogP contribution in [0.2, 0.25) is 0 Å². The van der Waals surface area contributed by atoms with Gasteiger partial charge in [0, 0.05) is 5.57 Å². The van der Waals surface area contributed by atoms with Crippen molar-refractivity contribution in [3.63, 3.8) is 0 Å². The first-order chi connectivity index (χ1) is 8.86. The van der Waals surface area contributed by atoms with Crippen molar-refractivity contribution in [3.8, 4) is 5.75 Å². The van der Waals surface area contributed by atoms with Crippen LogP contribution in [-0.2, 0) is 14.9 Å². The number of methoxy groups -OCH3 is 1. The number of carbonyl (C=O) groups is 1. The molecule has 0 aromatic heterocycles. The molecule has 0 aliphatic heterocycles. The van der Waals surface area contributed by atoms with Gasteiger partial charge in [0.1, 0.15) is 12.4 Å². The summed E-state index contributed by atoms with van der Waals surface area (Å²) in [6, 6.07) is 7.96. The van der Waals surface area contributed by atoms with Crippen LogP contribution in [0.25, 0.3) is 0 Å². The summed E-state index contributed by atoms with van der Waals surface area (Å²) < 4.78 is 10.4. The van der Waals surface area contributed by atoms with Gasteiger partial charge < -0.3 is 9.47 Å². The zero-order valence-corrected chi connectivity index (χ0v) is 12.3. The second-order valence-electron chi connectivity index (χ2n) is 5.44. The van der Waals surface area contributed by atoms with E-state index in [1.165, 1.54) is 7.11 Å². The van der Waals surface area contributed by atoms with E-state index in [1.807, 2.05) is 18.2 Å². The standard InChI is InChI=1S/C16H22O3/c1-12(15(17)18-5)10-11-19-14-9-7-6-8-13(14)16(2,3)4/h6-10H,11H2,1-5H3. The summed E-state index contributed by atoms with van der Waals surface area (Å²) in [4.78, 5) is 11.2. The van der Waals surface area contributed by atoms with E-state index in [1.54, 1.807) is 13.0 Å². The number of rotatable bonds is 4. The van der Waals surface area contributed by atoms with E-state index in [-0.39, 0.29) is 11.4 Å². The third-order valence-corrected chi connectivity index (χ3v) is 2.83. The van der Waals surface area contributed by atoms with Crippen LogP contribution in [-0.4, -0.2) is 19.7 Å². The Labute approximate surface area is 115 Å². The summed E-state index contributed by atoms with van der Waals surface area (Å²) in [5, 5.41) is 0. The van der Waals surface area contributed by atoms with Crippen molar-refractivity contribution in [3.05, 3.63) is 41.5 Å². The van der Waals surface area contributed by atoms with Crippen LogP contribution in [0, 0.1) is 0 Å². The molecule has 3 nitrogen and oxygen atoms in total. The van der Waals surface area contributed by atoms with E-state index in [9.17, 15) is 4.79 Å². The quantitative estimate of drug-likeness (QED) is 0.615. The normalized spacial score (nSPS) is 12.2. The molecule has 1 aromatic rings. The van der Waals surface area contributed by atoms with Crippen LogP contribution in [0.1, 0.15) is 33.3 Å². The van der Waals surface area contributed by atoms with Crippen molar-refractivity contribution in [2.45, 2.75) is 33.1 Å². The van der Waals surface area contributed by atoms with Crippen LogP contribution >= 0.6 is 0 Å². The molecule has 0 spiro atoms. The molecule has 1 rings (SSSR count). The van der Waals surface area contributed by atoms with Crippen molar-refractivity contribution in [1.82, 2.24) is 0 Å². The summed E-state index contributed by atoms with van der Waals surface area (Å²) in [6.07, 6.45) is 1.73. The zero-order chi connectivity index (χ0) is 14.5. The summed E-state index contributed by atoms with van der Waals surface area (Å²) >= 11 is 0. The minimum absolute atomic E-state index is 0.0255. The lowest BCUT2D eigenvalue weighted by molar-refractivity contribution is -0.136. The first kappa shape index (κ1) is 15.3. The lowest BCUT2D eigenvalue weighted by Gasteiger charge is -2.22. The molecule has 0 radical (unpaired) electrons. The third kappa shape index (κ3) is 4.43. The van der Waals surface area contributed by atoms with Crippen molar-refractivity contribution in [1.29, 1.82) is 0 Å². The fraction of sp³-hybridized carbons (Fsp3) is 0.438. The van der Waals surface area contributed by atoms with Crippen LogP contribution in [0.15, 0.2) is 35.9 Å². The molecule has 0 amide bonds. The predicted octanol–water partition coefficient (Wildman–Crippen LogP) is 3.48. The van der Waals surface area contributed by atoms with E-state index in [2.05, 4.69) is 31.6 Å². The van der Waals surface area contributed by atoms with Crippen LogP contribution in [0.5, 0.6) is 5.75 Å². The average molecular weight is 262 g/mol. The number of para-hydroxylation sites is 1. The van der Waals surface area contributed by atoms with Gasteiger partial charge in [-0.15, -0.1) is 0 Å². The number of benzene rings is 1. The van der Waals surface area contributed by atoms with Gasteiger partial charge in [0.2, 0.25) is 0 Å². The Morgan fingerprint density at radius 3 is 2.47 bits per heavy atom. The van der Waals surface area contributed by atoms with E-state index in [4.69, 9.17) is 4.74 Å². The van der Waals surface area contributed by atoms with Gasteiger partial charge in [-0.3, -0.25) is 0 Å². The van der Waals surface area contributed by atoms with Gasteiger partial charge in [-0.05, 0) is 30.0 Å². The number of ether oxygens (including phenoxy) is 2. The number of hydrogen-bond donors (Lipinski definition) is 0. The monoisotopic (exact) mass is 262 g/mol. The predicted molar refractivity (Wildman–Crippen MR) is 76.4 cm³/mol. The SMILES string of the molecule is COC(=O)C(C)=CCOc1ccccc1C(C)(C)C. The molecule has 0 aliphatic carbocycles. The maximum Gasteiger partial charge on any atom is 0.333 e. The maximum atomic E-state index is 11.2. The molecule has 0 aliphatic rings. The largest absolute Gasteiger partial charge is 0.489 e. The first-order valence-electron chi connectivity index (χ1n) is 6.33. The summed E-state index contributed by atoms with van der Waals surface area (Å²) in [5.41, 5.74) is 1.73. The lowest BCUT2D eigenvalue weighted by Crippen LogP contribution is -2.13. The smallest absolute Gasteiger partial charge is 0.333 e. The van der Waals surface area contributed by atoms with Crippen molar-refractivity contribution in [2.75, 3.05) is 13.7 Å². The summed E-state index contributed by atoms with van der Waals surface area (Å²) in [6.45, 7) is 8.50. The second-order valence-corrected chi connectivity index (χ2v) is 5.44. The Morgan fingerprint density at radius 1 is 1.26 bits per heavy atom. The molecule has 0 N–H and O–H groups in total. The van der Waals surface area contributed by atoms with Crippen LogP contribution < -0.4 is 4.74 Å². The first-order valence-corrected chi connectivity index (χ1v) is 6.33. The maximum absolute atomic E-state index is 11.2. The Hall–Kier alpha value is -1.77. The summed E-state index contributed by atoms with van der Waals surface area (Å²) in [7, 11) is 1.37. The van der Waals surface area contributed by atoms with Crippen molar-refractivity contribution < 1.29 is 14.3 Å². The molecule has 19 heavy (non-hydrogen) atoms. The molecule has 0 unspecified atom stereocenters. The van der Waals surface area contributed by atoms with E-state index >= 15 is 0 Å². The Balaban J connectivity index is 2.77. The molecule has 3 heteroatoms. The molecule has 0 fully saturated rings. The minimum Gasteiger partial charge on any atom is -0.489 e. The fourth-order valence-corrected chi connectivity index (χ4v) is 1.71. The molecular formula is C16H22O3. The molecular weight excluding hydrogens is 240 g/mol. The highest BCUT2D eigenvalue weighted by molar-refractivity contribution is 5.87. The van der Waals surface area contributed by atoms with Crippen molar-refractivity contribution >= 4 is 5.97 Å². The highest BCUT2D eigenvalue weighted by Crippen LogP contribution is 2.30. The van der Waals surface area contributed by atoms with Crippen LogP contribution in [0.4, 0.5) is 0 Å². The number of carbonyl (C=O) groups excluding carboxylic acids is 1. The Bertz CT molecular complexity index is 467. The van der Waals surface area contributed by atoms with Gasteiger partial charge in [-0.25, -0.2) is 4.79 Å². The topological polar surface area (TPSA) is 35.5 Å². The van der Waals surface area contributed by atoms with Gasteiger partial charge in [-0.2, -0.15) is 0 Å². The zero-order valence-electron chi connectivity index (χ0n) is 12.3. The molecule has 0 saturated carbocycles. The van der Waals surface area contributed by atoms with Crippen LogP contribution in [0.3, 0.4) is 0 Å². The van der Waals surface area contributed by atoms with Crippen molar-refractivity contribution in [2.24, 2.45) is 0 Å². The highest BCUT2D eigenvalue weighted by Gasteiger charge is 2.18. The Morgan fingerprint density at radius 2 is 1.89 bits per heavy atom. The second kappa shape index (κ2) is 6.41. The fourth-order valence-electron chi connectivity index (χ4n) is 1.71. The van der Waals surface area contributed by atoms with Gasteiger partial charge in [-0.1, -0.05) is 39.0 Å². The molecule has 1 aromatic carbocycles. The number of esters is 1. The third-order valence-electron chi connectivity index (χ3n) is 2.83. The molecule has 0 atom stereocenters. The lowest BCUT2D eigenvalue weighted by atomic mass is 9.86. The molecule has 0 heterocycles. The van der Waals surface area contributed by atoms with Gasteiger partial charge in [0.25, 0.3) is 0 Å². The number of hydrogen-bond acceptors (Lipinski definition) is 3.